The maximum atomic E-state index is 4.30. The van der Waals surface area contributed by atoms with Crippen LogP contribution in [0.2, 0.25) is 0 Å². The van der Waals surface area contributed by atoms with Crippen LogP contribution in [0.5, 0.6) is 0 Å². The van der Waals surface area contributed by atoms with E-state index in [1.807, 2.05) is 6.08 Å². The summed E-state index contributed by atoms with van der Waals surface area (Å²) in [6, 6.07) is 17.2. The summed E-state index contributed by atoms with van der Waals surface area (Å²) in [5.74, 6) is 1.84. The summed E-state index contributed by atoms with van der Waals surface area (Å²) in [6.07, 6.45) is 3.96. The van der Waals surface area contributed by atoms with Crippen molar-refractivity contribution in [3.05, 3.63) is 71.8 Å². The molecule has 1 heterocycles. The van der Waals surface area contributed by atoms with Gasteiger partial charge in [0.05, 0.1) is 0 Å². The molecule has 0 fully saturated rings. The van der Waals surface area contributed by atoms with Crippen LogP contribution in [0, 0.1) is 0 Å². The second kappa shape index (κ2) is 9.48. The molecule has 3 rings (SSSR count). The molecule has 0 saturated heterocycles. The molecular formula is C19H18N2S4. The van der Waals surface area contributed by atoms with Crippen molar-refractivity contribution in [1.29, 1.82) is 0 Å². The third-order valence-corrected chi connectivity index (χ3v) is 7.56. The van der Waals surface area contributed by atoms with Crippen molar-refractivity contribution in [2.24, 2.45) is 0 Å². The summed E-state index contributed by atoms with van der Waals surface area (Å²) < 4.78 is 2.05. The predicted octanol–water partition coefficient (Wildman–Crippen LogP) is 6.49. The standard InChI is InChI=1S/C19H18N2S4/c1-3-14-4-6-15(7-5-14)12-23-18-20-21-19(25-18)24-13-16-8-10-17(22-2)11-9-16/h3-11H,1,12-13H2,2H3. The topological polar surface area (TPSA) is 25.8 Å². The highest BCUT2D eigenvalue weighted by Gasteiger charge is 2.06. The average Bonchev–Trinajstić information content (AvgIpc) is 3.13. The van der Waals surface area contributed by atoms with E-state index in [4.69, 9.17) is 0 Å². The Balaban J connectivity index is 1.50. The maximum absolute atomic E-state index is 4.30. The molecule has 3 aromatic rings. The lowest BCUT2D eigenvalue weighted by Gasteiger charge is -2.00. The van der Waals surface area contributed by atoms with E-state index in [-0.39, 0.29) is 0 Å². The Kier molecular flexibility index (Phi) is 7.04. The number of nitrogens with zero attached hydrogens (tertiary/aromatic N) is 2. The van der Waals surface area contributed by atoms with Crippen molar-refractivity contribution >= 4 is 52.7 Å². The summed E-state index contributed by atoms with van der Waals surface area (Å²) in [6.45, 7) is 3.78. The van der Waals surface area contributed by atoms with Crippen LogP contribution in [0.1, 0.15) is 16.7 Å². The normalized spacial score (nSPS) is 10.8. The van der Waals surface area contributed by atoms with Crippen LogP contribution in [-0.4, -0.2) is 16.5 Å². The van der Waals surface area contributed by atoms with E-state index in [0.717, 1.165) is 25.7 Å². The fourth-order valence-corrected chi connectivity index (χ4v) is 5.42. The summed E-state index contributed by atoms with van der Waals surface area (Å²) >= 11 is 6.92. The van der Waals surface area contributed by atoms with Gasteiger partial charge in [-0.1, -0.05) is 83.9 Å². The van der Waals surface area contributed by atoms with Crippen LogP contribution in [0.4, 0.5) is 0 Å². The first-order chi connectivity index (χ1) is 12.3. The maximum Gasteiger partial charge on any atom is 0.175 e. The molecule has 0 bridgehead atoms. The Morgan fingerprint density at radius 3 is 1.88 bits per heavy atom. The van der Waals surface area contributed by atoms with Gasteiger partial charge in [-0.25, -0.2) is 0 Å². The van der Waals surface area contributed by atoms with Gasteiger partial charge >= 0.3 is 0 Å². The predicted molar refractivity (Wildman–Crippen MR) is 114 cm³/mol. The van der Waals surface area contributed by atoms with Crippen molar-refractivity contribution in [2.45, 2.75) is 25.1 Å². The van der Waals surface area contributed by atoms with Gasteiger partial charge in [-0.3, -0.25) is 0 Å². The third-order valence-electron chi connectivity index (χ3n) is 3.49. The highest BCUT2D eigenvalue weighted by molar-refractivity contribution is 8.02. The van der Waals surface area contributed by atoms with Gasteiger partial charge in [0.1, 0.15) is 0 Å². The van der Waals surface area contributed by atoms with E-state index < -0.39 is 0 Å². The van der Waals surface area contributed by atoms with Gasteiger partial charge in [-0.2, -0.15) is 0 Å². The van der Waals surface area contributed by atoms with Crippen molar-refractivity contribution < 1.29 is 0 Å². The highest BCUT2D eigenvalue weighted by Crippen LogP contribution is 2.32. The molecule has 0 aliphatic heterocycles. The molecule has 0 N–H and O–H groups in total. The molecule has 2 nitrogen and oxygen atoms in total. The fraction of sp³-hybridized carbons (Fsp3) is 0.158. The summed E-state index contributed by atoms with van der Waals surface area (Å²) in [5, 5.41) is 8.59. The summed E-state index contributed by atoms with van der Waals surface area (Å²) in [5.41, 5.74) is 3.75. The number of hydrogen-bond acceptors (Lipinski definition) is 6. The Hall–Kier alpha value is -1.21. The lowest BCUT2D eigenvalue weighted by Crippen LogP contribution is -1.81. The van der Waals surface area contributed by atoms with Gasteiger partial charge in [0.15, 0.2) is 8.68 Å². The van der Waals surface area contributed by atoms with E-state index in [9.17, 15) is 0 Å². The largest absolute Gasteiger partial charge is 0.175 e. The van der Waals surface area contributed by atoms with Gasteiger partial charge in [0.25, 0.3) is 0 Å². The fourth-order valence-electron chi connectivity index (χ4n) is 2.08. The Morgan fingerprint density at radius 1 is 0.880 bits per heavy atom. The molecule has 1 aromatic heterocycles. The molecule has 0 radical (unpaired) electrons. The van der Waals surface area contributed by atoms with E-state index in [1.165, 1.54) is 16.0 Å². The first-order valence-corrected chi connectivity index (χ1v) is 11.7. The lowest BCUT2D eigenvalue weighted by molar-refractivity contribution is 0.954. The van der Waals surface area contributed by atoms with Crippen LogP contribution in [0.25, 0.3) is 6.08 Å². The zero-order valence-corrected chi connectivity index (χ0v) is 17.1. The Bertz CT molecular complexity index is 810. The molecule has 0 saturated carbocycles. The molecule has 0 atom stereocenters. The van der Waals surface area contributed by atoms with Crippen LogP contribution in [-0.2, 0) is 11.5 Å². The molecule has 0 aliphatic carbocycles. The van der Waals surface area contributed by atoms with Gasteiger partial charge in [0.2, 0.25) is 0 Å². The van der Waals surface area contributed by atoms with Crippen molar-refractivity contribution in [2.75, 3.05) is 6.26 Å². The van der Waals surface area contributed by atoms with E-state index in [1.54, 1.807) is 46.6 Å². The highest BCUT2D eigenvalue weighted by atomic mass is 32.2. The van der Waals surface area contributed by atoms with Crippen LogP contribution in [0.3, 0.4) is 0 Å². The Labute approximate surface area is 165 Å². The second-order valence-corrected chi connectivity index (χ2v) is 9.51. The number of thioether (sulfide) groups is 3. The van der Waals surface area contributed by atoms with Crippen LogP contribution >= 0.6 is 46.6 Å². The molecular weight excluding hydrogens is 384 g/mol. The number of aromatic nitrogens is 2. The molecule has 0 unspecified atom stereocenters. The van der Waals surface area contributed by atoms with Gasteiger partial charge < -0.3 is 0 Å². The molecule has 128 valence electrons. The minimum absolute atomic E-state index is 0.910. The van der Waals surface area contributed by atoms with Crippen molar-refractivity contribution in [3.63, 3.8) is 0 Å². The minimum atomic E-state index is 0.910. The van der Waals surface area contributed by atoms with E-state index in [2.05, 4.69) is 71.6 Å². The van der Waals surface area contributed by atoms with Gasteiger partial charge in [0, 0.05) is 16.4 Å². The first-order valence-electron chi connectivity index (χ1n) is 7.70. The molecule has 0 aliphatic rings. The quantitative estimate of drug-likeness (QED) is 0.401. The molecule has 0 amide bonds. The molecule has 0 spiro atoms. The van der Waals surface area contributed by atoms with E-state index in [0.29, 0.717) is 0 Å². The average molecular weight is 403 g/mol. The molecule has 2 aromatic carbocycles. The monoisotopic (exact) mass is 402 g/mol. The van der Waals surface area contributed by atoms with Crippen LogP contribution < -0.4 is 0 Å². The van der Waals surface area contributed by atoms with Gasteiger partial charge in [-0.05, 0) is 35.1 Å². The molecule has 25 heavy (non-hydrogen) atoms. The summed E-state index contributed by atoms with van der Waals surface area (Å²) in [7, 11) is 0. The minimum Gasteiger partial charge on any atom is -0.131 e. The Morgan fingerprint density at radius 2 is 1.40 bits per heavy atom. The zero-order valence-electron chi connectivity index (χ0n) is 13.8. The first kappa shape index (κ1) is 18.6. The van der Waals surface area contributed by atoms with Gasteiger partial charge in [-0.15, -0.1) is 22.0 Å². The summed E-state index contributed by atoms with van der Waals surface area (Å²) in [4.78, 5) is 1.30. The third kappa shape index (κ3) is 5.64. The van der Waals surface area contributed by atoms with Crippen molar-refractivity contribution in [1.82, 2.24) is 10.2 Å². The van der Waals surface area contributed by atoms with Crippen molar-refractivity contribution in [3.8, 4) is 0 Å². The molecule has 6 heteroatoms. The van der Waals surface area contributed by atoms with E-state index >= 15 is 0 Å². The zero-order chi connectivity index (χ0) is 17.5. The number of hydrogen-bond donors (Lipinski definition) is 0. The SMILES string of the molecule is C=Cc1ccc(CSc2nnc(SCc3ccc(SC)cc3)s2)cc1. The second-order valence-electron chi connectivity index (χ2n) is 5.21. The lowest BCUT2D eigenvalue weighted by atomic mass is 10.1. The van der Waals surface area contributed by atoms with Crippen LogP contribution in [0.15, 0.2) is 68.7 Å². The number of rotatable bonds is 8. The smallest absolute Gasteiger partial charge is 0.131 e. The number of benzene rings is 2.